The number of hydrogen-bond donors (Lipinski definition) is 2. The van der Waals surface area contributed by atoms with E-state index in [0.717, 1.165) is 19.3 Å². The molecule has 0 bridgehead atoms. The summed E-state index contributed by atoms with van der Waals surface area (Å²) in [6.07, 6.45) is 3.07. The molecule has 0 spiro atoms. The van der Waals surface area contributed by atoms with Crippen molar-refractivity contribution in [1.29, 1.82) is 0 Å². The first-order valence-electron chi connectivity index (χ1n) is 5.51. The third-order valence-electron chi connectivity index (χ3n) is 3.02. The average Bonchev–Trinajstić information content (AvgIpc) is 2.70. The summed E-state index contributed by atoms with van der Waals surface area (Å²) < 4.78 is 5.80. The molecule has 0 unspecified atom stereocenters. The molecule has 3 N–H and O–H groups in total. The number of anilines is 1. The molecule has 1 saturated carbocycles. The zero-order valence-electron chi connectivity index (χ0n) is 9.03. The van der Waals surface area contributed by atoms with Crippen molar-refractivity contribution in [3.05, 3.63) is 23.2 Å². The molecule has 3 nitrogen and oxygen atoms in total. The van der Waals surface area contributed by atoms with Crippen LogP contribution in [0.15, 0.2) is 18.2 Å². The maximum Gasteiger partial charge on any atom is 0.142 e. The van der Waals surface area contributed by atoms with Gasteiger partial charge in [0.05, 0.1) is 11.8 Å². The SMILES string of the molecule is Nc1cc(Cl)ccc1O[C@@H]1CC[C@@H](CO)C1. The molecular formula is C12H16ClNO2. The van der Waals surface area contributed by atoms with E-state index in [0.29, 0.717) is 22.4 Å². The fourth-order valence-corrected chi connectivity index (χ4v) is 2.29. The van der Waals surface area contributed by atoms with Gasteiger partial charge in [-0.3, -0.25) is 0 Å². The first kappa shape index (κ1) is 11.6. The van der Waals surface area contributed by atoms with Crippen LogP contribution >= 0.6 is 11.6 Å². The van der Waals surface area contributed by atoms with E-state index in [-0.39, 0.29) is 12.7 Å². The Morgan fingerprint density at radius 3 is 2.88 bits per heavy atom. The van der Waals surface area contributed by atoms with Gasteiger partial charge in [0.1, 0.15) is 5.75 Å². The van der Waals surface area contributed by atoms with Crippen LogP contribution in [0.3, 0.4) is 0 Å². The molecule has 1 fully saturated rings. The molecule has 0 amide bonds. The summed E-state index contributed by atoms with van der Waals surface area (Å²) in [6.45, 7) is 0.246. The van der Waals surface area contributed by atoms with Crippen molar-refractivity contribution in [2.75, 3.05) is 12.3 Å². The molecule has 1 aliphatic rings. The number of nitrogen functional groups attached to an aromatic ring is 1. The van der Waals surface area contributed by atoms with Crippen molar-refractivity contribution in [2.45, 2.75) is 25.4 Å². The number of hydrogen-bond acceptors (Lipinski definition) is 3. The predicted molar refractivity (Wildman–Crippen MR) is 64.7 cm³/mol. The predicted octanol–water partition coefficient (Wildman–Crippen LogP) is 2.46. The van der Waals surface area contributed by atoms with Crippen molar-refractivity contribution in [3.8, 4) is 5.75 Å². The molecule has 16 heavy (non-hydrogen) atoms. The number of aliphatic hydroxyl groups is 1. The average molecular weight is 242 g/mol. The standard InChI is InChI=1S/C12H16ClNO2/c13-9-2-4-12(11(14)6-9)16-10-3-1-8(5-10)7-15/h2,4,6,8,10,15H,1,3,5,7,14H2/t8-,10-/m1/s1. The van der Waals surface area contributed by atoms with Gasteiger partial charge >= 0.3 is 0 Å². The highest BCUT2D eigenvalue weighted by molar-refractivity contribution is 6.30. The van der Waals surface area contributed by atoms with Crippen LogP contribution in [-0.2, 0) is 0 Å². The molecule has 1 aromatic carbocycles. The number of rotatable bonds is 3. The zero-order chi connectivity index (χ0) is 11.5. The van der Waals surface area contributed by atoms with E-state index in [1.165, 1.54) is 0 Å². The van der Waals surface area contributed by atoms with E-state index in [1.54, 1.807) is 18.2 Å². The third-order valence-corrected chi connectivity index (χ3v) is 3.25. The van der Waals surface area contributed by atoms with Crippen LogP contribution in [0.25, 0.3) is 0 Å². The summed E-state index contributed by atoms with van der Waals surface area (Å²) in [5.41, 5.74) is 6.38. The summed E-state index contributed by atoms with van der Waals surface area (Å²) in [5, 5.41) is 9.66. The van der Waals surface area contributed by atoms with Gasteiger partial charge in [0.15, 0.2) is 0 Å². The van der Waals surface area contributed by atoms with Crippen molar-refractivity contribution in [2.24, 2.45) is 5.92 Å². The normalized spacial score (nSPS) is 24.6. The van der Waals surface area contributed by atoms with Gasteiger partial charge in [0, 0.05) is 11.6 Å². The summed E-state index contributed by atoms with van der Waals surface area (Å²) in [5.74, 6) is 1.06. The molecule has 0 heterocycles. The third kappa shape index (κ3) is 2.60. The Balaban J connectivity index is 1.99. The second-order valence-corrected chi connectivity index (χ2v) is 4.72. The minimum Gasteiger partial charge on any atom is -0.488 e. The lowest BCUT2D eigenvalue weighted by Crippen LogP contribution is -2.14. The van der Waals surface area contributed by atoms with Crippen molar-refractivity contribution < 1.29 is 9.84 Å². The lowest BCUT2D eigenvalue weighted by atomic mass is 10.1. The van der Waals surface area contributed by atoms with Gasteiger partial charge < -0.3 is 15.6 Å². The minimum atomic E-state index is 0.167. The minimum absolute atomic E-state index is 0.167. The van der Waals surface area contributed by atoms with Crippen LogP contribution in [0, 0.1) is 5.92 Å². The van der Waals surface area contributed by atoms with Crippen molar-refractivity contribution in [3.63, 3.8) is 0 Å². The van der Waals surface area contributed by atoms with E-state index < -0.39 is 0 Å². The monoisotopic (exact) mass is 241 g/mol. The lowest BCUT2D eigenvalue weighted by Gasteiger charge is -2.15. The van der Waals surface area contributed by atoms with Gasteiger partial charge in [-0.15, -0.1) is 0 Å². The van der Waals surface area contributed by atoms with Crippen molar-refractivity contribution >= 4 is 17.3 Å². The Labute approximate surface area is 100 Å². The number of aliphatic hydroxyl groups excluding tert-OH is 1. The highest BCUT2D eigenvalue weighted by Gasteiger charge is 2.25. The summed E-state index contributed by atoms with van der Waals surface area (Å²) in [4.78, 5) is 0. The van der Waals surface area contributed by atoms with E-state index in [1.807, 2.05) is 0 Å². The topological polar surface area (TPSA) is 55.5 Å². The Hall–Kier alpha value is -0.930. The fraction of sp³-hybridized carbons (Fsp3) is 0.500. The maximum absolute atomic E-state index is 9.04. The first-order chi connectivity index (χ1) is 7.69. The van der Waals surface area contributed by atoms with E-state index in [4.69, 9.17) is 27.2 Å². The van der Waals surface area contributed by atoms with Crippen LogP contribution in [0.4, 0.5) is 5.69 Å². The number of halogens is 1. The van der Waals surface area contributed by atoms with Crippen LogP contribution in [-0.4, -0.2) is 17.8 Å². The molecule has 1 aromatic rings. The van der Waals surface area contributed by atoms with Gasteiger partial charge in [-0.05, 0) is 43.4 Å². The number of ether oxygens (including phenoxy) is 1. The Kier molecular flexibility index (Phi) is 3.56. The smallest absolute Gasteiger partial charge is 0.142 e. The van der Waals surface area contributed by atoms with Gasteiger partial charge in [-0.25, -0.2) is 0 Å². The molecule has 0 saturated heterocycles. The fourth-order valence-electron chi connectivity index (χ4n) is 2.11. The molecular weight excluding hydrogens is 226 g/mol. The Morgan fingerprint density at radius 2 is 2.25 bits per heavy atom. The molecule has 1 aliphatic carbocycles. The van der Waals surface area contributed by atoms with Crippen LogP contribution in [0.1, 0.15) is 19.3 Å². The van der Waals surface area contributed by atoms with E-state index in [2.05, 4.69) is 0 Å². The van der Waals surface area contributed by atoms with Crippen molar-refractivity contribution in [1.82, 2.24) is 0 Å². The van der Waals surface area contributed by atoms with Gasteiger partial charge in [0.2, 0.25) is 0 Å². The summed E-state index contributed by atoms with van der Waals surface area (Å²) >= 11 is 5.81. The maximum atomic E-state index is 9.04. The molecule has 88 valence electrons. The van der Waals surface area contributed by atoms with Crippen LogP contribution in [0.2, 0.25) is 5.02 Å². The second kappa shape index (κ2) is 4.93. The quantitative estimate of drug-likeness (QED) is 0.800. The number of benzene rings is 1. The van der Waals surface area contributed by atoms with Crippen LogP contribution < -0.4 is 10.5 Å². The second-order valence-electron chi connectivity index (χ2n) is 4.28. The van der Waals surface area contributed by atoms with E-state index >= 15 is 0 Å². The molecule has 0 aliphatic heterocycles. The van der Waals surface area contributed by atoms with Gasteiger partial charge in [-0.2, -0.15) is 0 Å². The van der Waals surface area contributed by atoms with E-state index in [9.17, 15) is 0 Å². The largest absolute Gasteiger partial charge is 0.488 e. The first-order valence-corrected chi connectivity index (χ1v) is 5.89. The van der Waals surface area contributed by atoms with Crippen LogP contribution in [0.5, 0.6) is 5.75 Å². The molecule has 2 rings (SSSR count). The number of nitrogens with two attached hydrogens (primary N) is 1. The Bertz CT molecular complexity index is 370. The molecule has 4 heteroatoms. The summed E-state index contributed by atoms with van der Waals surface area (Å²) in [7, 11) is 0. The lowest BCUT2D eigenvalue weighted by molar-refractivity contribution is 0.184. The highest BCUT2D eigenvalue weighted by atomic mass is 35.5. The van der Waals surface area contributed by atoms with Gasteiger partial charge in [0.25, 0.3) is 0 Å². The Morgan fingerprint density at radius 1 is 1.44 bits per heavy atom. The summed E-state index contributed by atoms with van der Waals surface area (Å²) in [6, 6.07) is 5.25. The molecule has 0 aromatic heterocycles. The highest BCUT2D eigenvalue weighted by Crippen LogP contribution is 2.32. The molecule has 0 radical (unpaired) electrons. The molecule has 2 atom stereocenters. The zero-order valence-corrected chi connectivity index (χ0v) is 9.78. The van der Waals surface area contributed by atoms with Gasteiger partial charge in [-0.1, -0.05) is 11.6 Å².